The fourth-order valence-electron chi connectivity index (χ4n) is 1.76. The average molecular weight is 289 g/mol. The summed E-state index contributed by atoms with van der Waals surface area (Å²) in [6.07, 6.45) is 0. The van der Waals surface area contributed by atoms with Crippen LogP contribution in [-0.2, 0) is 10.0 Å². The molecule has 1 aromatic heterocycles. The maximum atomic E-state index is 12.3. The Morgan fingerprint density at radius 2 is 2.05 bits per heavy atom. The molecule has 0 bridgehead atoms. The van der Waals surface area contributed by atoms with E-state index in [0.717, 1.165) is 0 Å². The minimum absolute atomic E-state index is 0.0869. The molecule has 0 amide bonds. The number of sulfonamides is 1. The van der Waals surface area contributed by atoms with Gasteiger partial charge in [-0.2, -0.15) is 5.10 Å². The molecule has 0 spiro atoms. The summed E-state index contributed by atoms with van der Waals surface area (Å²) < 4.78 is 27.0. The van der Waals surface area contributed by atoms with Crippen molar-refractivity contribution in [3.05, 3.63) is 11.4 Å². The van der Waals surface area contributed by atoms with Crippen LogP contribution in [0.3, 0.4) is 0 Å². The second kappa shape index (κ2) is 5.57. The van der Waals surface area contributed by atoms with Crippen LogP contribution < -0.4 is 10.5 Å². The van der Waals surface area contributed by atoms with Crippen molar-refractivity contribution in [2.75, 3.05) is 0 Å². The van der Waals surface area contributed by atoms with Gasteiger partial charge >= 0.3 is 0 Å². The molecule has 0 aliphatic carbocycles. The molecule has 1 aromatic rings. The minimum Gasteiger partial charge on any atom is -0.409 e. The number of nitrogens with one attached hydrogen (secondary N) is 2. The number of aryl methyl sites for hydroxylation is 2. The van der Waals surface area contributed by atoms with Crippen LogP contribution in [0.1, 0.15) is 25.2 Å². The summed E-state index contributed by atoms with van der Waals surface area (Å²) in [5.41, 5.74) is 6.31. The minimum atomic E-state index is -3.79. The highest BCUT2D eigenvalue weighted by Gasteiger charge is 2.29. The van der Waals surface area contributed by atoms with Crippen molar-refractivity contribution in [2.45, 2.75) is 38.6 Å². The van der Waals surface area contributed by atoms with Gasteiger partial charge in [0, 0.05) is 0 Å². The van der Waals surface area contributed by atoms with E-state index in [-0.39, 0.29) is 16.6 Å². The Labute approximate surface area is 112 Å². The molecule has 0 aromatic carbocycles. The number of hydrogen-bond donors (Lipinski definition) is 4. The van der Waals surface area contributed by atoms with Crippen LogP contribution >= 0.6 is 0 Å². The Morgan fingerprint density at radius 3 is 2.42 bits per heavy atom. The van der Waals surface area contributed by atoms with Gasteiger partial charge in [-0.15, -0.1) is 0 Å². The van der Waals surface area contributed by atoms with E-state index in [0.29, 0.717) is 11.4 Å². The predicted octanol–water partition coefficient (Wildman–Crippen LogP) is 0.0758. The third-order valence-corrected chi connectivity index (χ3v) is 4.42. The molecule has 0 saturated carbocycles. The first kappa shape index (κ1) is 15.4. The van der Waals surface area contributed by atoms with Crippen LogP contribution in [0.5, 0.6) is 0 Å². The Kier molecular flexibility index (Phi) is 4.53. The van der Waals surface area contributed by atoms with Crippen LogP contribution in [-0.4, -0.2) is 35.7 Å². The first-order valence-electron chi connectivity index (χ1n) is 5.72. The molecular formula is C10H19N5O3S. The van der Waals surface area contributed by atoms with Crippen molar-refractivity contribution >= 4 is 15.9 Å². The predicted molar refractivity (Wildman–Crippen MR) is 70.4 cm³/mol. The van der Waals surface area contributed by atoms with E-state index in [1.165, 1.54) is 0 Å². The summed E-state index contributed by atoms with van der Waals surface area (Å²) in [5.74, 6) is -0.351. The summed E-state index contributed by atoms with van der Waals surface area (Å²) in [7, 11) is -3.79. The SMILES string of the molecule is Cc1n[nH]c(C)c1S(=O)(=O)NC(C(N)=NO)C(C)C. The number of hydrogen-bond acceptors (Lipinski definition) is 5. The van der Waals surface area contributed by atoms with Gasteiger partial charge in [0.1, 0.15) is 4.90 Å². The maximum Gasteiger partial charge on any atom is 0.244 e. The van der Waals surface area contributed by atoms with Crippen LogP contribution in [0.15, 0.2) is 10.1 Å². The lowest BCUT2D eigenvalue weighted by Crippen LogP contribution is -2.47. The van der Waals surface area contributed by atoms with Gasteiger partial charge < -0.3 is 10.9 Å². The number of amidine groups is 1. The van der Waals surface area contributed by atoms with Crippen molar-refractivity contribution in [3.63, 3.8) is 0 Å². The van der Waals surface area contributed by atoms with Crippen LogP contribution in [0.25, 0.3) is 0 Å². The third-order valence-electron chi connectivity index (χ3n) is 2.71. The van der Waals surface area contributed by atoms with E-state index in [1.807, 2.05) is 0 Å². The zero-order chi connectivity index (χ0) is 14.8. The van der Waals surface area contributed by atoms with Gasteiger partial charge in [0.05, 0.1) is 17.4 Å². The molecule has 9 heteroatoms. The van der Waals surface area contributed by atoms with Crippen molar-refractivity contribution in [3.8, 4) is 0 Å². The van der Waals surface area contributed by atoms with Gasteiger partial charge in [-0.25, -0.2) is 13.1 Å². The van der Waals surface area contributed by atoms with E-state index >= 15 is 0 Å². The number of nitrogens with zero attached hydrogens (tertiary/aromatic N) is 2. The molecule has 0 saturated heterocycles. The van der Waals surface area contributed by atoms with E-state index in [2.05, 4.69) is 20.1 Å². The molecule has 5 N–H and O–H groups in total. The maximum absolute atomic E-state index is 12.3. The van der Waals surface area contributed by atoms with Gasteiger partial charge in [-0.1, -0.05) is 19.0 Å². The van der Waals surface area contributed by atoms with Crippen LogP contribution in [0.4, 0.5) is 0 Å². The van der Waals surface area contributed by atoms with Gasteiger partial charge in [-0.3, -0.25) is 5.10 Å². The van der Waals surface area contributed by atoms with E-state index in [9.17, 15) is 8.42 Å². The Bertz CT molecular complexity index is 556. The third kappa shape index (κ3) is 3.24. The number of nitrogens with two attached hydrogens (primary N) is 1. The number of H-pyrrole nitrogens is 1. The number of aromatic amines is 1. The lowest BCUT2D eigenvalue weighted by atomic mass is 10.1. The highest BCUT2D eigenvalue weighted by Crippen LogP contribution is 2.18. The quantitative estimate of drug-likeness (QED) is 0.263. The van der Waals surface area contributed by atoms with Crippen LogP contribution in [0.2, 0.25) is 0 Å². The summed E-state index contributed by atoms with van der Waals surface area (Å²) in [6, 6.07) is -0.788. The average Bonchev–Trinajstić information content (AvgIpc) is 2.65. The molecule has 19 heavy (non-hydrogen) atoms. The zero-order valence-corrected chi connectivity index (χ0v) is 12.1. The monoisotopic (exact) mass is 289 g/mol. The van der Waals surface area contributed by atoms with Gasteiger partial charge in [0.15, 0.2) is 5.84 Å². The second-order valence-electron chi connectivity index (χ2n) is 4.63. The fraction of sp³-hybridized carbons (Fsp3) is 0.600. The molecular weight excluding hydrogens is 270 g/mol. The van der Waals surface area contributed by atoms with Gasteiger partial charge in [-0.05, 0) is 19.8 Å². The standard InChI is InChI=1S/C10H19N5O3S/c1-5(2)8(10(11)14-16)15-19(17,18)9-6(3)12-13-7(9)4/h5,8,15-16H,1-4H3,(H2,11,14)(H,12,13). The highest BCUT2D eigenvalue weighted by atomic mass is 32.2. The zero-order valence-electron chi connectivity index (χ0n) is 11.3. The highest BCUT2D eigenvalue weighted by molar-refractivity contribution is 7.89. The van der Waals surface area contributed by atoms with E-state index < -0.39 is 16.1 Å². The van der Waals surface area contributed by atoms with E-state index in [4.69, 9.17) is 10.9 Å². The number of rotatable bonds is 5. The lowest BCUT2D eigenvalue weighted by Gasteiger charge is -2.20. The first-order valence-corrected chi connectivity index (χ1v) is 7.20. The van der Waals surface area contributed by atoms with Gasteiger partial charge in [0.2, 0.25) is 10.0 Å². The van der Waals surface area contributed by atoms with Crippen LogP contribution in [0, 0.1) is 19.8 Å². The largest absolute Gasteiger partial charge is 0.409 e. The van der Waals surface area contributed by atoms with Crippen molar-refractivity contribution < 1.29 is 13.6 Å². The molecule has 8 nitrogen and oxygen atoms in total. The second-order valence-corrected chi connectivity index (χ2v) is 6.28. The van der Waals surface area contributed by atoms with Crippen molar-refractivity contribution in [1.29, 1.82) is 0 Å². The molecule has 0 aliphatic rings. The summed E-state index contributed by atoms with van der Waals surface area (Å²) in [5, 5.41) is 18.0. The molecule has 0 radical (unpaired) electrons. The first-order chi connectivity index (χ1) is 8.70. The molecule has 0 aliphatic heterocycles. The molecule has 0 fully saturated rings. The molecule has 1 heterocycles. The molecule has 1 atom stereocenters. The molecule has 108 valence electrons. The topological polar surface area (TPSA) is 133 Å². The van der Waals surface area contributed by atoms with E-state index in [1.54, 1.807) is 27.7 Å². The van der Waals surface area contributed by atoms with Gasteiger partial charge in [0.25, 0.3) is 0 Å². The fourth-order valence-corrected chi connectivity index (χ4v) is 3.49. The summed E-state index contributed by atoms with van der Waals surface area (Å²) in [4.78, 5) is 0.0869. The Hall–Kier alpha value is -1.61. The Balaban J connectivity index is 3.16. The smallest absolute Gasteiger partial charge is 0.244 e. The molecule has 1 rings (SSSR count). The molecule has 1 unspecified atom stereocenters. The lowest BCUT2D eigenvalue weighted by molar-refractivity contribution is 0.313. The normalized spacial score (nSPS) is 14.9. The number of aromatic nitrogens is 2. The van der Waals surface area contributed by atoms with Crippen molar-refractivity contribution in [1.82, 2.24) is 14.9 Å². The van der Waals surface area contributed by atoms with Crippen molar-refractivity contribution in [2.24, 2.45) is 16.8 Å². The summed E-state index contributed by atoms with van der Waals surface area (Å²) in [6.45, 7) is 6.73. The Morgan fingerprint density at radius 1 is 1.47 bits per heavy atom. The summed E-state index contributed by atoms with van der Waals surface area (Å²) >= 11 is 0. The number of oxime groups is 1.